The third-order valence-corrected chi connectivity index (χ3v) is 3.54. The first-order valence-electron chi connectivity index (χ1n) is 6.47. The van der Waals surface area contributed by atoms with Gasteiger partial charge in [-0.3, -0.25) is 0 Å². The first kappa shape index (κ1) is 12.6. The molecule has 94 valence electrons. The third-order valence-electron chi connectivity index (χ3n) is 3.54. The van der Waals surface area contributed by atoms with E-state index in [1.807, 2.05) is 18.2 Å². The average Bonchev–Trinajstić information content (AvgIpc) is 2.37. The molecule has 0 spiro atoms. The van der Waals surface area contributed by atoms with Gasteiger partial charge in [0.25, 0.3) is 0 Å². The Morgan fingerprint density at radius 1 is 1.29 bits per heavy atom. The minimum atomic E-state index is 0.0338. The van der Waals surface area contributed by atoms with Crippen LogP contribution in [0.15, 0.2) is 30.3 Å². The van der Waals surface area contributed by atoms with E-state index in [2.05, 4.69) is 17.4 Å². The molecule has 3 atom stereocenters. The van der Waals surface area contributed by atoms with Crippen molar-refractivity contribution in [2.24, 2.45) is 5.73 Å². The standard InChI is InChI=1S/C14H22N2O/c15-12-7-4-8-13(9-12)16-14(10-17)11-5-2-1-3-6-11/h1-3,5-6,12-14,16-17H,4,7-10,15H2. The Bertz CT molecular complexity index is 328. The van der Waals surface area contributed by atoms with Gasteiger partial charge in [0.1, 0.15) is 0 Å². The number of nitrogens with one attached hydrogen (secondary N) is 1. The molecule has 4 N–H and O–H groups in total. The van der Waals surface area contributed by atoms with E-state index in [0.29, 0.717) is 12.1 Å². The molecule has 1 saturated carbocycles. The van der Waals surface area contributed by atoms with Crippen molar-refractivity contribution in [2.75, 3.05) is 6.61 Å². The molecule has 1 aliphatic carbocycles. The number of aliphatic hydroxyl groups excluding tert-OH is 1. The molecule has 17 heavy (non-hydrogen) atoms. The Kier molecular flexibility index (Phi) is 4.54. The number of aliphatic hydroxyl groups is 1. The van der Waals surface area contributed by atoms with Crippen molar-refractivity contribution in [1.29, 1.82) is 0 Å². The maximum atomic E-state index is 9.48. The van der Waals surface area contributed by atoms with E-state index < -0.39 is 0 Å². The molecule has 0 aromatic heterocycles. The Balaban J connectivity index is 1.95. The third kappa shape index (κ3) is 3.53. The monoisotopic (exact) mass is 234 g/mol. The highest BCUT2D eigenvalue weighted by atomic mass is 16.3. The van der Waals surface area contributed by atoms with Gasteiger partial charge in [-0.1, -0.05) is 36.8 Å². The summed E-state index contributed by atoms with van der Waals surface area (Å²) < 4.78 is 0. The van der Waals surface area contributed by atoms with E-state index in [-0.39, 0.29) is 12.6 Å². The highest BCUT2D eigenvalue weighted by Gasteiger charge is 2.22. The van der Waals surface area contributed by atoms with Gasteiger partial charge in [-0.2, -0.15) is 0 Å². The van der Waals surface area contributed by atoms with Gasteiger partial charge in [-0.25, -0.2) is 0 Å². The van der Waals surface area contributed by atoms with Crippen LogP contribution in [-0.2, 0) is 0 Å². The zero-order chi connectivity index (χ0) is 12.1. The fourth-order valence-electron chi connectivity index (χ4n) is 2.60. The van der Waals surface area contributed by atoms with E-state index in [0.717, 1.165) is 24.8 Å². The Morgan fingerprint density at radius 2 is 2.06 bits per heavy atom. The highest BCUT2D eigenvalue weighted by Crippen LogP contribution is 2.21. The molecule has 1 aliphatic rings. The Labute approximate surface area is 103 Å². The van der Waals surface area contributed by atoms with Crippen molar-refractivity contribution < 1.29 is 5.11 Å². The van der Waals surface area contributed by atoms with E-state index in [1.165, 1.54) is 6.42 Å². The molecule has 1 fully saturated rings. The van der Waals surface area contributed by atoms with Gasteiger partial charge in [0.05, 0.1) is 12.6 Å². The molecule has 1 aromatic rings. The van der Waals surface area contributed by atoms with Crippen LogP contribution in [0.5, 0.6) is 0 Å². The molecule has 0 saturated heterocycles. The van der Waals surface area contributed by atoms with Crippen molar-refractivity contribution in [3.05, 3.63) is 35.9 Å². The number of hydrogen-bond donors (Lipinski definition) is 3. The highest BCUT2D eigenvalue weighted by molar-refractivity contribution is 5.19. The lowest BCUT2D eigenvalue weighted by Gasteiger charge is -2.30. The minimum Gasteiger partial charge on any atom is -0.394 e. The molecular weight excluding hydrogens is 212 g/mol. The first-order valence-corrected chi connectivity index (χ1v) is 6.47. The van der Waals surface area contributed by atoms with Gasteiger partial charge < -0.3 is 16.2 Å². The fraction of sp³-hybridized carbons (Fsp3) is 0.571. The normalized spacial score (nSPS) is 26.7. The fourth-order valence-corrected chi connectivity index (χ4v) is 2.60. The lowest BCUT2D eigenvalue weighted by Crippen LogP contribution is -2.41. The predicted octanol–water partition coefficient (Wildman–Crippen LogP) is 1.58. The van der Waals surface area contributed by atoms with Crippen molar-refractivity contribution in [1.82, 2.24) is 5.32 Å². The zero-order valence-electron chi connectivity index (χ0n) is 10.2. The summed E-state index contributed by atoms with van der Waals surface area (Å²) in [5.41, 5.74) is 7.13. The first-order chi connectivity index (χ1) is 8.29. The van der Waals surface area contributed by atoms with E-state index in [4.69, 9.17) is 5.73 Å². The summed E-state index contributed by atoms with van der Waals surface area (Å²) in [6.07, 6.45) is 4.50. The SMILES string of the molecule is NC1CCCC(NC(CO)c2ccccc2)C1. The lowest BCUT2D eigenvalue weighted by molar-refractivity contribution is 0.216. The quantitative estimate of drug-likeness (QED) is 0.741. The topological polar surface area (TPSA) is 58.3 Å². The average molecular weight is 234 g/mol. The summed E-state index contributed by atoms with van der Waals surface area (Å²) in [5, 5.41) is 13.0. The largest absolute Gasteiger partial charge is 0.394 e. The molecule has 0 bridgehead atoms. The summed E-state index contributed by atoms with van der Waals surface area (Å²) in [5.74, 6) is 0. The summed E-state index contributed by atoms with van der Waals surface area (Å²) >= 11 is 0. The minimum absolute atomic E-state index is 0.0338. The van der Waals surface area contributed by atoms with Crippen LogP contribution in [-0.4, -0.2) is 23.8 Å². The molecular formula is C14H22N2O. The van der Waals surface area contributed by atoms with Crippen molar-refractivity contribution in [3.63, 3.8) is 0 Å². The van der Waals surface area contributed by atoms with Crippen LogP contribution in [0.3, 0.4) is 0 Å². The molecule has 0 radical (unpaired) electrons. The van der Waals surface area contributed by atoms with Crippen LogP contribution in [0.1, 0.15) is 37.3 Å². The summed E-state index contributed by atoms with van der Waals surface area (Å²) in [7, 11) is 0. The van der Waals surface area contributed by atoms with Crippen LogP contribution in [0, 0.1) is 0 Å². The number of hydrogen-bond acceptors (Lipinski definition) is 3. The predicted molar refractivity (Wildman–Crippen MR) is 69.6 cm³/mol. The van der Waals surface area contributed by atoms with Crippen LogP contribution in [0.2, 0.25) is 0 Å². The maximum absolute atomic E-state index is 9.48. The molecule has 3 nitrogen and oxygen atoms in total. The summed E-state index contributed by atoms with van der Waals surface area (Å²) in [6, 6.07) is 10.9. The second kappa shape index (κ2) is 6.15. The van der Waals surface area contributed by atoms with E-state index in [1.54, 1.807) is 0 Å². The molecule has 3 unspecified atom stereocenters. The Morgan fingerprint density at radius 3 is 2.71 bits per heavy atom. The van der Waals surface area contributed by atoms with Crippen molar-refractivity contribution in [3.8, 4) is 0 Å². The number of benzene rings is 1. The summed E-state index contributed by atoms with van der Waals surface area (Å²) in [4.78, 5) is 0. The van der Waals surface area contributed by atoms with Gasteiger partial charge in [0.2, 0.25) is 0 Å². The molecule has 0 aliphatic heterocycles. The van der Waals surface area contributed by atoms with Crippen LogP contribution >= 0.6 is 0 Å². The van der Waals surface area contributed by atoms with Gasteiger partial charge in [-0.15, -0.1) is 0 Å². The van der Waals surface area contributed by atoms with Crippen LogP contribution < -0.4 is 11.1 Å². The lowest BCUT2D eigenvalue weighted by atomic mass is 9.90. The molecule has 3 heteroatoms. The van der Waals surface area contributed by atoms with Crippen molar-refractivity contribution in [2.45, 2.75) is 43.8 Å². The molecule has 1 aromatic carbocycles. The number of rotatable bonds is 4. The van der Waals surface area contributed by atoms with Crippen LogP contribution in [0.4, 0.5) is 0 Å². The van der Waals surface area contributed by atoms with Gasteiger partial charge in [-0.05, 0) is 24.8 Å². The van der Waals surface area contributed by atoms with Gasteiger partial charge in [0, 0.05) is 12.1 Å². The zero-order valence-corrected chi connectivity index (χ0v) is 10.2. The molecule has 2 rings (SSSR count). The summed E-state index contributed by atoms with van der Waals surface area (Å²) in [6.45, 7) is 0.135. The van der Waals surface area contributed by atoms with E-state index >= 15 is 0 Å². The maximum Gasteiger partial charge on any atom is 0.0626 e. The molecule has 0 amide bonds. The second-order valence-corrected chi connectivity index (χ2v) is 4.94. The number of nitrogens with two attached hydrogens (primary N) is 1. The van der Waals surface area contributed by atoms with Crippen molar-refractivity contribution >= 4 is 0 Å². The van der Waals surface area contributed by atoms with Gasteiger partial charge >= 0.3 is 0 Å². The molecule has 0 heterocycles. The van der Waals surface area contributed by atoms with Crippen LogP contribution in [0.25, 0.3) is 0 Å². The van der Waals surface area contributed by atoms with E-state index in [9.17, 15) is 5.11 Å². The second-order valence-electron chi connectivity index (χ2n) is 4.94. The Hall–Kier alpha value is -0.900. The smallest absolute Gasteiger partial charge is 0.0626 e. The van der Waals surface area contributed by atoms with Gasteiger partial charge in [0.15, 0.2) is 0 Å².